The molecule has 3 aliphatic rings. The van der Waals surface area contributed by atoms with Crippen molar-refractivity contribution in [3.63, 3.8) is 0 Å². The van der Waals surface area contributed by atoms with Gasteiger partial charge in [0, 0.05) is 0 Å². The molecule has 0 radical (unpaired) electrons. The first-order valence-electron chi connectivity index (χ1n) is 11.7. The molecule has 4 atom stereocenters. The fourth-order valence-electron chi connectivity index (χ4n) is 7.50. The van der Waals surface area contributed by atoms with Crippen LogP contribution in [0.5, 0.6) is 0 Å². The Morgan fingerprint density at radius 1 is 0.708 bits per heavy atom. The third-order valence-corrected chi connectivity index (χ3v) is 9.10. The van der Waals surface area contributed by atoms with Gasteiger partial charge in [0.25, 0.3) is 0 Å². The first-order chi connectivity index (χ1) is 11.7. The first kappa shape index (κ1) is 18.8. The molecule has 3 rings (SSSR count). The van der Waals surface area contributed by atoms with Crippen LogP contribution in [-0.4, -0.2) is 0 Å². The highest BCUT2D eigenvalue weighted by Crippen LogP contribution is 2.57. The van der Waals surface area contributed by atoms with Gasteiger partial charge in [-0.3, -0.25) is 0 Å². The molecule has 0 N–H and O–H groups in total. The first-order valence-corrected chi connectivity index (χ1v) is 11.7. The smallest absolute Gasteiger partial charge is 0.0241 e. The van der Waals surface area contributed by atoms with Crippen molar-refractivity contribution in [2.24, 2.45) is 35.0 Å². The van der Waals surface area contributed by atoms with Gasteiger partial charge in [0.05, 0.1) is 0 Å². The summed E-state index contributed by atoms with van der Waals surface area (Å²) < 4.78 is 0. The second-order valence-electron chi connectivity index (χ2n) is 9.88. The van der Waals surface area contributed by atoms with Crippen molar-refractivity contribution >= 4 is 0 Å². The van der Waals surface area contributed by atoms with E-state index in [1.165, 1.54) is 83.5 Å². The van der Waals surface area contributed by atoms with Gasteiger partial charge >= 0.3 is 0 Å². The Kier molecular flexibility index (Phi) is 6.72. The van der Waals surface area contributed by atoms with E-state index in [2.05, 4.69) is 20.8 Å². The normalized spacial score (nSPS) is 36.4. The second-order valence-corrected chi connectivity index (χ2v) is 9.88. The number of hydrogen-bond acceptors (Lipinski definition) is 0. The summed E-state index contributed by atoms with van der Waals surface area (Å²) in [5, 5.41) is 0. The number of rotatable bonds is 5. The Hall–Kier alpha value is 0. The van der Waals surface area contributed by atoms with Gasteiger partial charge in [-0.1, -0.05) is 97.8 Å². The minimum absolute atomic E-state index is 0.678. The Bertz CT molecular complexity index is 360. The minimum atomic E-state index is 0.678. The van der Waals surface area contributed by atoms with E-state index in [-0.39, 0.29) is 0 Å². The van der Waals surface area contributed by atoms with Crippen LogP contribution in [-0.2, 0) is 0 Å². The van der Waals surface area contributed by atoms with Crippen LogP contribution >= 0.6 is 0 Å². The molecule has 3 aliphatic carbocycles. The molecular weight excluding hydrogens is 288 g/mol. The second kappa shape index (κ2) is 8.59. The zero-order chi connectivity index (χ0) is 17.0. The average Bonchev–Trinajstić information content (AvgIpc) is 2.68. The van der Waals surface area contributed by atoms with Gasteiger partial charge < -0.3 is 0 Å². The summed E-state index contributed by atoms with van der Waals surface area (Å²) in [6, 6.07) is 0. The van der Waals surface area contributed by atoms with Crippen LogP contribution in [0.3, 0.4) is 0 Å². The molecule has 140 valence electrons. The maximum absolute atomic E-state index is 2.69. The molecule has 3 saturated carbocycles. The molecule has 0 aromatic heterocycles. The van der Waals surface area contributed by atoms with Gasteiger partial charge in [-0.2, -0.15) is 0 Å². The van der Waals surface area contributed by atoms with Crippen LogP contribution in [0, 0.1) is 35.0 Å². The lowest BCUT2D eigenvalue weighted by Crippen LogP contribution is -2.46. The molecule has 0 aromatic carbocycles. The Morgan fingerprint density at radius 2 is 1.25 bits per heavy atom. The van der Waals surface area contributed by atoms with Crippen molar-refractivity contribution < 1.29 is 0 Å². The van der Waals surface area contributed by atoms with Crippen molar-refractivity contribution in [3.8, 4) is 0 Å². The highest BCUT2D eigenvalue weighted by atomic mass is 14.5. The molecule has 24 heavy (non-hydrogen) atoms. The van der Waals surface area contributed by atoms with E-state index in [0.29, 0.717) is 5.41 Å². The monoisotopic (exact) mass is 332 g/mol. The summed E-state index contributed by atoms with van der Waals surface area (Å²) in [5.41, 5.74) is 0.678. The predicted molar refractivity (Wildman–Crippen MR) is 106 cm³/mol. The molecule has 0 spiro atoms. The largest absolute Gasteiger partial charge is 0.0648 e. The summed E-state index contributed by atoms with van der Waals surface area (Å²) in [6.07, 6.45) is 22.8. The van der Waals surface area contributed by atoms with Crippen molar-refractivity contribution in [2.75, 3.05) is 0 Å². The molecule has 4 unspecified atom stereocenters. The van der Waals surface area contributed by atoms with Crippen LogP contribution in [0.25, 0.3) is 0 Å². The molecule has 0 bridgehead atoms. The third kappa shape index (κ3) is 3.73. The van der Waals surface area contributed by atoms with Gasteiger partial charge in [0.2, 0.25) is 0 Å². The molecule has 0 heteroatoms. The minimum Gasteiger partial charge on any atom is -0.0648 e. The Labute approximate surface area is 152 Å². The van der Waals surface area contributed by atoms with E-state index < -0.39 is 0 Å². The maximum Gasteiger partial charge on any atom is -0.0241 e. The topological polar surface area (TPSA) is 0 Å². The molecular formula is C24H44. The SMILES string of the molecule is CCC1(C(C)C2CCCCC2)CCCCC1C(C)C1CCCCC1. The highest BCUT2D eigenvalue weighted by Gasteiger charge is 2.48. The lowest BCUT2D eigenvalue weighted by Gasteiger charge is -2.54. The van der Waals surface area contributed by atoms with Crippen molar-refractivity contribution in [3.05, 3.63) is 0 Å². The maximum atomic E-state index is 2.69. The predicted octanol–water partition coefficient (Wildman–Crippen LogP) is 8.01. The van der Waals surface area contributed by atoms with Crippen LogP contribution in [0.1, 0.15) is 117 Å². The van der Waals surface area contributed by atoms with Gasteiger partial charge in [0.1, 0.15) is 0 Å². The molecule has 0 aliphatic heterocycles. The van der Waals surface area contributed by atoms with Crippen LogP contribution in [0.15, 0.2) is 0 Å². The quantitative estimate of drug-likeness (QED) is 0.478. The van der Waals surface area contributed by atoms with Crippen LogP contribution in [0.2, 0.25) is 0 Å². The molecule has 0 heterocycles. The van der Waals surface area contributed by atoms with E-state index in [0.717, 1.165) is 29.6 Å². The Morgan fingerprint density at radius 3 is 1.83 bits per heavy atom. The third-order valence-electron chi connectivity index (χ3n) is 9.10. The van der Waals surface area contributed by atoms with Crippen LogP contribution < -0.4 is 0 Å². The van der Waals surface area contributed by atoms with E-state index in [1.807, 2.05) is 0 Å². The van der Waals surface area contributed by atoms with Crippen molar-refractivity contribution in [2.45, 2.75) is 117 Å². The molecule has 0 amide bonds. The fraction of sp³-hybridized carbons (Fsp3) is 1.00. The van der Waals surface area contributed by atoms with Gasteiger partial charge in [-0.25, -0.2) is 0 Å². The van der Waals surface area contributed by atoms with Gasteiger partial charge in [-0.15, -0.1) is 0 Å². The lowest BCUT2D eigenvalue weighted by atomic mass is 9.51. The van der Waals surface area contributed by atoms with E-state index >= 15 is 0 Å². The summed E-state index contributed by atoms with van der Waals surface area (Å²) in [5.74, 6) is 5.07. The Balaban J connectivity index is 1.78. The van der Waals surface area contributed by atoms with Gasteiger partial charge in [-0.05, 0) is 54.3 Å². The summed E-state index contributed by atoms with van der Waals surface area (Å²) in [7, 11) is 0. The zero-order valence-electron chi connectivity index (χ0n) is 17.0. The van der Waals surface area contributed by atoms with E-state index in [4.69, 9.17) is 0 Å². The average molecular weight is 333 g/mol. The number of hydrogen-bond donors (Lipinski definition) is 0. The highest BCUT2D eigenvalue weighted by molar-refractivity contribution is 4.98. The van der Waals surface area contributed by atoms with Gasteiger partial charge in [0.15, 0.2) is 0 Å². The summed E-state index contributed by atoms with van der Waals surface area (Å²) in [4.78, 5) is 0. The van der Waals surface area contributed by atoms with E-state index in [9.17, 15) is 0 Å². The van der Waals surface area contributed by atoms with Crippen LogP contribution in [0.4, 0.5) is 0 Å². The zero-order valence-corrected chi connectivity index (χ0v) is 17.0. The molecule has 3 fully saturated rings. The van der Waals surface area contributed by atoms with Crippen molar-refractivity contribution in [1.29, 1.82) is 0 Å². The fourth-order valence-corrected chi connectivity index (χ4v) is 7.50. The molecule has 0 saturated heterocycles. The lowest BCUT2D eigenvalue weighted by molar-refractivity contribution is -0.0503. The van der Waals surface area contributed by atoms with E-state index in [1.54, 1.807) is 12.8 Å². The standard InChI is InChI=1S/C24H44/c1-4-24(20(3)22-15-9-6-10-16-22)18-12-11-17-23(24)19(2)21-13-7-5-8-14-21/h19-23H,4-18H2,1-3H3. The summed E-state index contributed by atoms with van der Waals surface area (Å²) >= 11 is 0. The molecule has 0 nitrogen and oxygen atoms in total. The summed E-state index contributed by atoms with van der Waals surface area (Å²) in [6.45, 7) is 7.90. The van der Waals surface area contributed by atoms with Crippen molar-refractivity contribution in [1.82, 2.24) is 0 Å². The molecule has 0 aromatic rings.